The third-order valence-electron chi connectivity index (χ3n) is 2.37. The summed E-state index contributed by atoms with van der Waals surface area (Å²) in [5, 5.41) is 3.16. The van der Waals surface area contributed by atoms with Gasteiger partial charge in [0.1, 0.15) is 11.5 Å². The summed E-state index contributed by atoms with van der Waals surface area (Å²) in [6.45, 7) is 10.1. The van der Waals surface area contributed by atoms with Crippen molar-refractivity contribution < 1.29 is 13.9 Å². The van der Waals surface area contributed by atoms with Crippen LogP contribution in [0.4, 0.5) is 0 Å². The van der Waals surface area contributed by atoms with Crippen LogP contribution in [0.2, 0.25) is 0 Å². The lowest BCUT2D eigenvalue weighted by Crippen LogP contribution is -2.24. The van der Waals surface area contributed by atoms with Crippen molar-refractivity contribution in [2.75, 3.05) is 13.2 Å². The lowest BCUT2D eigenvalue weighted by molar-refractivity contribution is -0.138. The van der Waals surface area contributed by atoms with E-state index in [-0.39, 0.29) is 12.0 Å². The number of furan rings is 1. The Labute approximate surface area is 102 Å². The largest absolute Gasteiger partial charge is 0.465 e. The molecule has 1 aromatic rings. The molecule has 1 heterocycles. The molecule has 0 aliphatic carbocycles. The molecule has 0 saturated heterocycles. The van der Waals surface area contributed by atoms with Crippen LogP contribution in [-0.4, -0.2) is 19.1 Å². The first-order valence-corrected chi connectivity index (χ1v) is 5.69. The van der Waals surface area contributed by atoms with Gasteiger partial charge < -0.3 is 14.5 Å². The smallest absolute Gasteiger partial charge is 0.334 e. The normalized spacial score (nSPS) is 12.2. The summed E-state index contributed by atoms with van der Waals surface area (Å²) in [5.74, 6) is 1.36. The van der Waals surface area contributed by atoms with E-state index in [1.165, 1.54) is 0 Å². The number of aryl methyl sites for hydroxylation is 1. The number of rotatable bonds is 6. The van der Waals surface area contributed by atoms with Gasteiger partial charge in [-0.25, -0.2) is 4.79 Å². The third-order valence-corrected chi connectivity index (χ3v) is 2.37. The molecule has 0 aliphatic rings. The highest BCUT2D eigenvalue weighted by Crippen LogP contribution is 2.15. The second-order valence-corrected chi connectivity index (χ2v) is 3.88. The average Bonchev–Trinajstić information content (AvgIpc) is 2.72. The predicted octanol–water partition coefficient (Wildman–Crippen LogP) is 2.36. The number of ether oxygens (including phenoxy) is 1. The van der Waals surface area contributed by atoms with Gasteiger partial charge in [-0.05, 0) is 32.9 Å². The molecule has 0 aliphatic heterocycles. The van der Waals surface area contributed by atoms with E-state index in [1.807, 2.05) is 26.0 Å². The van der Waals surface area contributed by atoms with Gasteiger partial charge >= 0.3 is 5.97 Å². The second-order valence-electron chi connectivity index (χ2n) is 3.88. The van der Waals surface area contributed by atoms with Crippen LogP contribution in [-0.2, 0) is 9.53 Å². The topological polar surface area (TPSA) is 51.5 Å². The van der Waals surface area contributed by atoms with E-state index in [0.29, 0.717) is 18.7 Å². The Hall–Kier alpha value is -1.55. The number of carbonyl (C=O) groups excluding carboxylic acids is 1. The summed E-state index contributed by atoms with van der Waals surface area (Å²) in [5.41, 5.74) is 0.418. The van der Waals surface area contributed by atoms with Crippen LogP contribution in [0.25, 0.3) is 0 Å². The first kappa shape index (κ1) is 13.5. The molecule has 1 atom stereocenters. The van der Waals surface area contributed by atoms with Crippen LogP contribution >= 0.6 is 0 Å². The standard InChI is InChI=1S/C13H19NO3/c1-5-16-13(15)9(2)8-14-11(4)12-7-6-10(3)17-12/h6-7,11,14H,2,5,8H2,1,3-4H3. The van der Waals surface area contributed by atoms with Gasteiger partial charge in [0, 0.05) is 12.1 Å². The maximum atomic E-state index is 11.3. The molecule has 1 unspecified atom stereocenters. The highest BCUT2D eigenvalue weighted by Gasteiger charge is 2.12. The molecule has 4 nitrogen and oxygen atoms in total. The molecule has 0 fully saturated rings. The lowest BCUT2D eigenvalue weighted by atomic mass is 10.2. The summed E-state index contributed by atoms with van der Waals surface area (Å²) >= 11 is 0. The minimum Gasteiger partial charge on any atom is -0.465 e. The second kappa shape index (κ2) is 6.25. The maximum Gasteiger partial charge on any atom is 0.334 e. The Morgan fingerprint density at radius 2 is 2.29 bits per heavy atom. The third kappa shape index (κ3) is 4.07. The van der Waals surface area contributed by atoms with Gasteiger partial charge in [0.05, 0.1) is 12.6 Å². The molecular formula is C13H19NO3. The van der Waals surface area contributed by atoms with Crippen LogP contribution in [0, 0.1) is 6.92 Å². The lowest BCUT2D eigenvalue weighted by Gasteiger charge is -2.12. The van der Waals surface area contributed by atoms with Crippen molar-refractivity contribution >= 4 is 5.97 Å². The summed E-state index contributed by atoms with van der Waals surface area (Å²) in [4.78, 5) is 11.3. The molecule has 1 N–H and O–H groups in total. The monoisotopic (exact) mass is 237 g/mol. The Morgan fingerprint density at radius 1 is 1.59 bits per heavy atom. The van der Waals surface area contributed by atoms with Gasteiger partial charge in [-0.2, -0.15) is 0 Å². The van der Waals surface area contributed by atoms with E-state index >= 15 is 0 Å². The average molecular weight is 237 g/mol. The number of hydrogen-bond acceptors (Lipinski definition) is 4. The predicted molar refractivity (Wildman–Crippen MR) is 65.6 cm³/mol. The first-order chi connectivity index (χ1) is 8.04. The molecule has 1 aromatic heterocycles. The minimum atomic E-state index is -0.358. The van der Waals surface area contributed by atoms with E-state index in [0.717, 1.165) is 11.5 Å². The van der Waals surface area contributed by atoms with Crippen molar-refractivity contribution in [2.45, 2.75) is 26.8 Å². The van der Waals surface area contributed by atoms with Crippen LogP contribution in [0.1, 0.15) is 31.4 Å². The maximum absolute atomic E-state index is 11.3. The number of nitrogens with one attached hydrogen (secondary N) is 1. The summed E-state index contributed by atoms with van der Waals surface area (Å²) in [6.07, 6.45) is 0. The Morgan fingerprint density at radius 3 is 2.82 bits per heavy atom. The summed E-state index contributed by atoms with van der Waals surface area (Å²) < 4.78 is 10.3. The Bertz CT molecular complexity index is 395. The molecular weight excluding hydrogens is 218 g/mol. The molecule has 0 spiro atoms. The van der Waals surface area contributed by atoms with Crippen molar-refractivity contribution in [3.05, 3.63) is 35.8 Å². The molecule has 0 aromatic carbocycles. The SMILES string of the molecule is C=C(CNC(C)c1ccc(C)o1)C(=O)OCC. The summed E-state index contributed by atoms with van der Waals surface area (Å²) in [6, 6.07) is 3.86. The number of hydrogen-bond donors (Lipinski definition) is 1. The van der Waals surface area contributed by atoms with Gasteiger partial charge in [-0.3, -0.25) is 0 Å². The quantitative estimate of drug-likeness (QED) is 0.609. The van der Waals surface area contributed by atoms with Gasteiger partial charge in [-0.1, -0.05) is 6.58 Å². The minimum absolute atomic E-state index is 0.0369. The van der Waals surface area contributed by atoms with Crippen LogP contribution in [0.5, 0.6) is 0 Å². The molecule has 94 valence electrons. The summed E-state index contributed by atoms with van der Waals surface area (Å²) in [7, 11) is 0. The van der Waals surface area contributed by atoms with Crippen molar-refractivity contribution in [3.63, 3.8) is 0 Å². The van der Waals surface area contributed by atoms with Crippen molar-refractivity contribution in [1.82, 2.24) is 5.32 Å². The molecule has 0 amide bonds. The highest BCUT2D eigenvalue weighted by atomic mass is 16.5. The number of esters is 1. The van der Waals surface area contributed by atoms with E-state index < -0.39 is 0 Å². The van der Waals surface area contributed by atoms with Crippen molar-refractivity contribution in [3.8, 4) is 0 Å². The molecule has 1 rings (SSSR count). The molecule has 0 bridgehead atoms. The van der Waals surface area contributed by atoms with Gasteiger partial charge in [0.15, 0.2) is 0 Å². The zero-order chi connectivity index (χ0) is 12.8. The van der Waals surface area contributed by atoms with Crippen molar-refractivity contribution in [2.24, 2.45) is 0 Å². The highest BCUT2D eigenvalue weighted by molar-refractivity contribution is 5.88. The molecule has 4 heteroatoms. The Kier molecular flexibility index (Phi) is 4.97. The van der Waals surface area contributed by atoms with E-state index in [2.05, 4.69) is 11.9 Å². The van der Waals surface area contributed by atoms with E-state index in [9.17, 15) is 4.79 Å². The van der Waals surface area contributed by atoms with Gasteiger partial charge in [0.25, 0.3) is 0 Å². The van der Waals surface area contributed by atoms with Gasteiger partial charge in [-0.15, -0.1) is 0 Å². The molecule has 0 radical (unpaired) electrons. The van der Waals surface area contributed by atoms with Crippen LogP contribution in [0.15, 0.2) is 28.7 Å². The fourth-order valence-corrected chi connectivity index (χ4v) is 1.37. The van der Waals surface area contributed by atoms with Crippen molar-refractivity contribution in [1.29, 1.82) is 0 Å². The zero-order valence-corrected chi connectivity index (χ0v) is 10.6. The van der Waals surface area contributed by atoms with Crippen LogP contribution in [0.3, 0.4) is 0 Å². The molecule has 17 heavy (non-hydrogen) atoms. The van der Waals surface area contributed by atoms with Gasteiger partial charge in [0.2, 0.25) is 0 Å². The first-order valence-electron chi connectivity index (χ1n) is 5.69. The van der Waals surface area contributed by atoms with E-state index in [1.54, 1.807) is 6.92 Å². The van der Waals surface area contributed by atoms with Crippen LogP contribution < -0.4 is 5.32 Å². The zero-order valence-electron chi connectivity index (χ0n) is 10.6. The number of carbonyl (C=O) groups is 1. The van der Waals surface area contributed by atoms with E-state index in [4.69, 9.17) is 9.15 Å². The fourth-order valence-electron chi connectivity index (χ4n) is 1.37. The fraction of sp³-hybridized carbons (Fsp3) is 0.462. The molecule has 0 saturated carbocycles. The Balaban J connectivity index is 2.40.